The lowest BCUT2D eigenvalue weighted by atomic mass is 10.0. The molecule has 0 saturated carbocycles. The summed E-state index contributed by atoms with van der Waals surface area (Å²) in [4.78, 5) is 60.3. The van der Waals surface area contributed by atoms with Crippen LogP contribution in [0.4, 0.5) is 0 Å². The van der Waals surface area contributed by atoms with Gasteiger partial charge in [0, 0.05) is 6.42 Å². The van der Waals surface area contributed by atoms with Crippen LogP contribution in [0, 0.1) is 5.92 Å². The van der Waals surface area contributed by atoms with E-state index < -0.39 is 60.4 Å². The van der Waals surface area contributed by atoms with E-state index in [1.54, 1.807) is 0 Å². The van der Waals surface area contributed by atoms with Crippen molar-refractivity contribution in [3.8, 4) is 0 Å². The molecule has 0 aliphatic carbocycles. The van der Waals surface area contributed by atoms with Crippen molar-refractivity contribution in [1.29, 1.82) is 0 Å². The topological polar surface area (TPSA) is 214 Å². The lowest BCUT2D eigenvalue weighted by molar-refractivity contribution is -0.143. The van der Waals surface area contributed by atoms with Crippen molar-refractivity contribution in [2.45, 2.75) is 63.7 Å². The molecule has 0 aromatic heterocycles. The second kappa shape index (κ2) is 14.7. The van der Waals surface area contributed by atoms with E-state index in [0.717, 1.165) is 5.56 Å². The van der Waals surface area contributed by atoms with Gasteiger partial charge in [-0.1, -0.05) is 44.2 Å². The Labute approximate surface area is 203 Å². The molecule has 12 heteroatoms. The first-order chi connectivity index (χ1) is 16.4. The molecule has 0 saturated heterocycles. The minimum Gasteiger partial charge on any atom is -0.480 e. The predicted molar refractivity (Wildman–Crippen MR) is 127 cm³/mol. The van der Waals surface area contributed by atoms with Gasteiger partial charge >= 0.3 is 5.97 Å². The van der Waals surface area contributed by atoms with Crippen LogP contribution in [0.25, 0.3) is 0 Å². The van der Waals surface area contributed by atoms with Gasteiger partial charge in [0.25, 0.3) is 0 Å². The summed E-state index contributed by atoms with van der Waals surface area (Å²) in [6.07, 6.45) is -0.0506. The van der Waals surface area contributed by atoms with Crippen LogP contribution in [-0.2, 0) is 30.4 Å². The summed E-state index contributed by atoms with van der Waals surface area (Å²) in [5.41, 5.74) is 11.9. The molecule has 1 aromatic carbocycles. The lowest BCUT2D eigenvalue weighted by Crippen LogP contribution is -2.58. The Morgan fingerprint density at radius 1 is 0.886 bits per heavy atom. The molecule has 9 N–H and O–H groups in total. The van der Waals surface area contributed by atoms with Gasteiger partial charge in [0.2, 0.25) is 23.6 Å². The van der Waals surface area contributed by atoms with E-state index >= 15 is 0 Å². The molecule has 0 heterocycles. The van der Waals surface area contributed by atoms with Crippen LogP contribution in [0.1, 0.15) is 38.7 Å². The van der Waals surface area contributed by atoms with Crippen LogP contribution in [0.5, 0.6) is 0 Å². The molecule has 4 unspecified atom stereocenters. The van der Waals surface area contributed by atoms with Crippen molar-refractivity contribution >= 4 is 29.6 Å². The third-order valence-corrected chi connectivity index (χ3v) is 5.08. The van der Waals surface area contributed by atoms with E-state index in [0.29, 0.717) is 0 Å². The van der Waals surface area contributed by atoms with Crippen LogP contribution in [0.3, 0.4) is 0 Å². The number of nitrogens with two attached hydrogens (primary N) is 2. The van der Waals surface area contributed by atoms with Gasteiger partial charge in [-0.25, -0.2) is 4.79 Å². The van der Waals surface area contributed by atoms with Gasteiger partial charge < -0.3 is 37.6 Å². The maximum Gasteiger partial charge on any atom is 0.326 e. The number of carboxylic acid groups (broad SMARTS) is 1. The van der Waals surface area contributed by atoms with Crippen LogP contribution in [-0.4, -0.2) is 70.6 Å². The number of carbonyl (C=O) groups is 5. The number of benzene rings is 1. The molecule has 194 valence electrons. The van der Waals surface area contributed by atoms with Crippen molar-refractivity contribution < 1.29 is 34.2 Å². The van der Waals surface area contributed by atoms with E-state index in [1.165, 1.54) is 0 Å². The van der Waals surface area contributed by atoms with Gasteiger partial charge in [-0.05, 0) is 30.7 Å². The minimum atomic E-state index is -1.48. The van der Waals surface area contributed by atoms with Crippen LogP contribution in [0.15, 0.2) is 30.3 Å². The van der Waals surface area contributed by atoms with Crippen LogP contribution < -0.4 is 27.4 Å². The Balaban J connectivity index is 2.83. The van der Waals surface area contributed by atoms with E-state index in [9.17, 15) is 34.2 Å². The van der Waals surface area contributed by atoms with Crippen molar-refractivity contribution in [2.75, 3.05) is 6.61 Å². The SMILES string of the molecule is CC(C)CC(NC(=O)C(N)Cc1ccccc1)C(=O)NC(CO)C(=O)NC(CCC(N)=O)C(=O)O. The molecule has 4 amide bonds. The molecule has 0 bridgehead atoms. The number of amides is 4. The van der Waals surface area contributed by atoms with Crippen molar-refractivity contribution in [1.82, 2.24) is 16.0 Å². The molecular weight excluding hydrogens is 458 g/mol. The number of carbonyl (C=O) groups excluding carboxylic acids is 4. The first-order valence-electron chi connectivity index (χ1n) is 11.3. The van der Waals surface area contributed by atoms with Gasteiger partial charge in [-0.15, -0.1) is 0 Å². The zero-order valence-corrected chi connectivity index (χ0v) is 19.9. The monoisotopic (exact) mass is 493 g/mol. The summed E-state index contributed by atoms with van der Waals surface area (Å²) in [7, 11) is 0. The quantitative estimate of drug-likeness (QED) is 0.151. The summed E-state index contributed by atoms with van der Waals surface area (Å²) in [6.45, 7) is 2.85. The second-order valence-electron chi connectivity index (χ2n) is 8.64. The van der Waals surface area contributed by atoms with E-state index in [-0.39, 0.29) is 31.6 Å². The highest BCUT2D eigenvalue weighted by Gasteiger charge is 2.30. The van der Waals surface area contributed by atoms with Gasteiger partial charge in [-0.2, -0.15) is 0 Å². The highest BCUT2D eigenvalue weighted by atomic mass is 16.4. The van der Waals surface area contributed by atoms with Crippen molar-refractivity contribution in [3.05, 3.63) is 35.9 Å². The number of hydrogen-bond acceptors (Lipinski definition) is 7. The zero-order chi connectivity index (χ0) is 26.5. The highest BCUT2D eigenvalue weighted by molar-refractivity contribution is 5.94. The summed E-state index contributed by atoms with van der Waals surface area (Å²) >= 11 is 0. The Morgan fingerprint density at radius 2 is 1.43 bits per heavy atom. The first-order valence-corrected chi connectivity index (χ1v) is 11.3. The minimum absolute atomic E-state index is 0.0111. The fraction of sp³-hybridized carbons (Fsp3) is 0.522. The standard InChI is InChI=1S/C23H35N5O7/c1-13(2)10-17(27-20(31)15(24)11-14-6-4-3-5-7-14)21(32)28-18(12-29)22(33)26-16(23(34)35)8-9-19(25)30/h3-7,13,15-18,29H,8-12,24H2,1-2H3,(H2,25,30)(H,26,33)(H,27,31)(H,28,32)(H,34,35). The molecule has 35 heavy (non-hydrogen) atoms. The zero-order valence-electron chi connectivity index (χ0n) is 19.9. The number of aliphatic hydroxyl groups is 1. The Bertz CT molecular complexity index is 878. The largest absolute Gasteiger partial charge is 0.480 e. The van der Waals surface area contributed by atoms with E-state index in [4.69, 9.17) is 11.5 Å². The van der Waals surface area contributed by atoms with Crippen LogP contribution >= 0.6 is 0 Å². The number of hydrogen-bond donors (Lipinski definition) is 7. The smallest absolute Gasteiger partial charge is 0.326 e. The van der Waals surface area contributed by atoms with Gasteiger partial charge in [0.1, 0.15) is 18.1 Å². The average molecular weight is 494 g/mol. The molecule has 0 radical (unpaired) electrons. The van der Waals surface area contributed by atoms with E-state index in [2.05, 4.69) is 16.0 Å². The molecular formula is C23H35N5O7. The molecule has 1 rings (SSSR count). The number of nitrogens with one attached hydrogen (secondary N) is 3. The average Bonchev–Trinajstić information content (AvgIpc) is 2.79. The summed E-state index contributed by atoms with van der Waals surface area (Å²) in [6, 6.07) is 4.23. The third kappa shape index (κ3) is 11.0. The lowest BCUT2D eigenvalue weighted by Gasteiger charge is -2.25. The first kappa shape index (κ1) is 29.5. The third-order valence-electron chi connectivity index (χ3n) is 5.08. The fourth-order valence-electron chi connectivity index (χ4n) is 3.23. The number of aliphatic hydroxyl groups excluding tert-OH is 1. The van der Waals surface area contributed by atoms with Crippen LogP contribution in [0.2, 0.25) is 0 Å². The predicted octanol–water partition coefficient (Wildman–Crippen LogP) is -1.60. The van der Waals surface area contributed by atoms with Gasteiger partial charge in [0.15, 0.2) is 0 Å². The van der Waals surface area contributed by atoms with Crippen molar-refractivity contribution in [3.63, 3.8) is 0 Å². The van der Waals surface area contributed by atoms with Gasteiger partial charge in [0.05, 0.1) is 12.6 Å². The number of aliphatic carboxylic acids is 1. The summed E-state index contributed by atoms with van der Waals surface area (Å²) in [5, 5.41) is 25.9. The number of carboxylic acids is 1. The van der Waals surface area contributed by atoms with Gasteiger partial charge in [-0.3, -0.25) is 19.2 Å². The van der Waals surface area contributed by atoms with Crippen molar-refractivity contribution in [2.24, 2.45) is 17.4 Å². The molecule has 12 nitrogen and oxygen atoms in total. The Morgan fingerprint density at radius 3 is 1.94 bits per heavy atom. The van der Waals surface area contributed by atoms with E-state index in [1.807, 2.05) is 44.2 Å². The maximum absolute atomic E-state index is 12.9. The Hall–Kier alpha value is -3.51. The molecule has 0 aliphatic rings. The molecule has 1 aromatic rings. The molecule has 0 aliphatic heterocycles. The summed E-state index contributed by atoms with van der Waals surface area (Å²) < 4.78 is 0. The molecule has 0 fully saturated rings. The Kier molecular flexibility index (Phi) is 12.4. The normalized spacial score (nSPS) is 14.3. The fourth-order valence-corrected chi connectivity index (χ4v) is 3.23. The number of rotatable bonds is 15. The molecule has 0 spiro atoms. The second-order valence-corrected chi connectivity index (χ2v) is 8.64. The number of primary amides is 1. The maximum atomic E-state index is 12.9. The highest BCUT2D eigenvalue weighted by Crippen LogP contribution is 2.08. The summed E-state index contributed by atoms with van der Waals surface area (Å²) in [5.74, 6) is -4.42. The molecule has 4 atom stereocenters.